The number of hydrogen-bond acceptors (Lipinski definition) is 8. The maximum absolute atomic E-state index is 13.2. The van der Waals surface area contributed by atoms with Gasteiger partial charge in [0.2, 0.25) is 11.8 Å². The summed E-state index contributed by atoms with van der Waals surface area (Å²) in [5.74, 6) is 1.94. The van der Waals surface area contributed by atoms with E-state index >= 15 is 0 Å². The van der Waals surface area contributed by atoms with Crippen molar-refractivity contribution in [2.24, 2.45) is 0 Å². The average Bonchev–Trinajstić information content (AvgIpc) is 3.43. The van der Waals surface area contributed by atoms with Crippen LogP contribution in [0.1, 0.15) is 34.5 Å². The van der Waals surface area contributed by atoms with Crippen molar-refractivity contribution in [3.05, 3.63) is 75.5 Å². The van der Waals surface area contributed by atoms with Crippen LogP contribution < -0.4 is 14.4 Å². The Bertz CT molecular complexity index is 1260. The fraction of sp³-hybridized carbons (Fsp3) is 0.320. The highest BCUT2D eigenvalue weighted by atomic mass is 16.6. The molecule has 1 saturated heterocycles. The Morgan fingerprint density at radius 1 is 1.00 bits per heavy atom. The van der Waals surface area contributed by atoms with Crippen molar-refractivity contribution < 1.29 is 19.2 Å². The van der Waals surface area contributed by atoms with Gasteiger partial charge in [-0.3, -0.25) is 14.9 Å². The lowest BCUT2D eigenvalue weighted by Gasteiger charge is -2.30. The monoisotopic (exact) mass is 475 g/mol. The van der Waals surface area contributed by atoms with Crippen LogP contribution in [0.25, 0.3) is 0 Å². The number of nitro groups is 1. The first-order valence-corrected chi connectivity index (χ1v) is 11.5. The van der Waals surface area contributed by atoms with E-state index in [4.69, 9.17) is 19.4 Å². The first kappa shape index (κ1) is 22.6. The van der Waals surface area contributed by atoms with Gasteiger partial charge in [0.1, 0.15) is 0 Å². The Kier molecular flexibility index (Phi) is 6.17. The molecule has 0 bridgehead atoms. The SMILES string of the molecule is COc1ccccc1Oc1nc(N2CCCC2)nc2c1CN(C(=O)c1ccc([N+](=O)[O-])cc1)CC2. The minimum atomic E-state index is -0.484. The number of methoxy groups -OCH3 is 1. The van der Waals surface area contributed by atoms with Crippen LogP contribution in [-0.4, -0.2) is 52.4 Å². The minimum Gasteiger partial charge on any atom is -0.493 e. The molecule has 0 saturated carbocycles. The van der Waals surface area contributed by atoms with Gasteiger partial charge in [0.25, 0.3) is 11.6 Å². The van der Waals surface area contributed by atoms with Gasteiger partial charge in [-0.15, -0.1) is 0 Å². The van der Waals surface area contributed by atoms with E-state index in [0.717, 1.165) is 37.2 Å². The molecule has 0 aliphatic carbocycles. The zero-order chi connectivity index (χ0) is 24.4. The smallest absolute Gasteiger partial charge is 0.269 e. The third-order valence-electron chi connectivity index (χ3n) is 6.29. The van der Waals surface area contributed by atoms with Crippen molar-refractivity contribution in [3.8, 4) is 17.4 Å². The van der Waals surface area contributed by atoms with Gasteiger partial charge in [0, 0.05) is 43.8 Å². The molecule has 2 aliphatic heterocycles. The number of nitrogens with zero attached hydrogens (tertiary/aromatic N) is 5. The predicted octanol–water partition coefficient (Wildman–Crippen LogP) is 3.98. The van der Waals surface area contributed by atoms with Crippen molar-refractivity contribution in [2.75, 3.05) is 31.6 Å². The summed E-state index contributed by atoms with van der Waals surface area (Å²) in [5.41, 5.74) is 1.95. The number of aromatic nitrogens is 2. The second-order valence-corrected chi connectivity index (χ2v) is 8.48. The number of para-hydroxylation sites is 2. The van der Waals surface area contributed by atoms with Crippen LogP contribution in [0.15, 0.2) is 48.5 Å². The van der Waals surface area contributed by atoms with Crippen LogP contribution in [0, 0.1) is 10.1 Å². The number of hydrogen-bond donors (Lipinski definition) is 0. The second kappa shape index (κ2) is 9.57. The average molecular weight is 476 g/mol. The van der Waals surface area contributed by atoms with Gasteiger partial charge < -0.3 is 19.3 Å². The number of anilines is 1. The lowest BCUT2D eigenvalue weighted by atomic mass is 10.0. The maximum atomic E-state index is 13.2. The van der Waals surface area contributed by atoms with E-state index in [-0.39, 0.29) is 18.1 Å². The molecule has 2 aromatic carbocycles. The molecule has 0 N–H and O–H groups in total. The van der Waals surface area contributed by atoms with E-state index in [0.29, 0.717) is 41.9 Å². The number of amides is 1. The number of benzene rings is 2. The van der Waals surface area contributed by atoms with Crippen molar-refractivity contribution in [2.45, 2.75) is 25.8 Å². The highest BCUT2D eigenvalue weighted by Crippen LogP contribution is 2.36. The van der Waals surface area contributed by atoms with Crippen LogP contribution in [-0.2, 0) is 13.0 Å². The summed E-state index contributed by atoms with van der Waals surface area (Å²) < 4.78 is 11.7. The summed E-state index contributed by atoms with van der Waals surface area (Å²) in [6.07, 6.45) is 2.75. The number of nitro benzene ring substituents is 1. The minimum absolute atomic E-state index is 0.0547. The molecule has 1 fully saturated rings. The zero-order valence-electron chi connectivity index (χ0n) is 19.3. The Morgan fingerprint density at radius 3 is 2.40 bits per heavy atom. The van der Waals surface area contributed by atoms with Crippen molar-refractivity contribution >= 4 is 17.5 Å². The number of carbonyl (C=O) groups excluding carboxylic acids is 1. The summed E-state index contributed by atoms with van der Waals surface area (Å²) in [4.78, 5) is 37.1. The molecule has 10 nitrogen and oxygen atoms in total. The Morgan fingerprint density at radius 2 is 1.71 bits per heavy atom. The summed E-state index contributed by atoms with van der Waals surface area (Å²) in [7, 11) is 1.58. The normalized spacial score (nSPS) is 15.0. The van der Waals surface area contributed by atoms with Crippen LogP contribution in [0.4, 0.5) is 11.6 Å². The fourth-order valence-electron chi connectivity index (χ4n) is 4.40. The van der Waals surface area contributed by atoms with Crippen molar-refractivity contribution in [1.82, 2.24) is 14.9 Å². The predicted molar refractivity (Wildman–Crippen MR) is 128 cm³/mol. The topological polar surface area (TPSA) is 111 Å². The Hall–Kier alpha value is -4.21. The van der Waals surface area contributed by atoms with Gasteiger partial charge in [-0.1, -0.05) is 12.1 Å². The molecule has 35 heavy (non-hydrogen) atoms. The zero-order valence-corrected chi connectivity index (χ0v) is 19.3. The molecule has 0 unspecified atom stereocenters. The molecule has 2 aliphatic rings. The van der Waals surface area contributed by atoms with Crippen LogP contribution in [0.3, 0.4) is 0 Å². The van der Waals surface area contributed by atoms with Gasteiger partial charge in [-0.25, -0.2) is 4.98 Å². The molecule has 10 heteroatoms. The molecular formula is C25H25N5O5. The van der Waals surface area contributed by atoms with Gasteiger partial charge in [0.05, 0.1) is 29.8 Å². The molecule has 1 aromatic heterocycles. The molecule has 3 heterocycles. The highest BCUT2D eigenvalue weighted by molar-refractivity contribution is 5.94. The number of non-ortho nitro benzene ring substituents is 1. The number of fused-ring (bicyclic) bond motifs is 1. The van der Waals surface area contributed by atoms with Gasteiger partial charge in [0.15, 0.2) is 11.5 Å². The number of rotatable bonds is 6. The maximum Gasteiger partial charge on any atom is 0.269 e. The number of ether oxygens (including phenoxy) is 2. The molecule has 5 rings (SSSR count). The standard InChI is InChI=1S/C25H25N5O5/c1-34-21-6-2-3-7-22(21)35-23-19-16-29(24(31)17-8-10-18(11-9-17)30(32)33)15-12-20(19)26-25(27-23)28-13-4-5-14-28/h2-3,6-11H,4-5,12-16H2,1H3. The largest absolute Gasteiger partial charge is 0.493 e. The van der Waals surface area contributed by atoms with Crippen molar-refractivity contribution in [1.29, 1.82) is 0 Å². The summed E-state index contributed by atoms with van der Waals surface area (Å²) >= 11 is 0. The third kappa shape index (κ3) is 4.59. The third-order valence-corrected chi connectivity index (χ3v) is 6.29. The van der Waals surface area contributed by atoms with Crippen LogP contribution >= 0.6 is 0 Å². The molecule has 3 aromatic rings. The van der Waals surface area contributed by atoms with Crippen LogP contribution in [0.2, 0.25) is 0 Å². The molecular weight excluding hydrogens is 450 g/mol. The Balaban J connectivity index is 1.47. The summed E-state index contributed by atoms with van der Waals surface area (Å²) in [6.45, 7) is 2.55. The fourth-order valence-corrected chi connectivity index (χ4v) is 4.40. The van der Waals surface area contributed by atoms with Crippen molar-refractivity contribution in [3.63, 3.8) is 0 Å². The lowest BCUT2D eigenvalue weighted by Crippen LogP contribution is -2.37. The van der Waals surface area contributed by atoms with E-state index in [2.05, 4.69) is 4.90 Å². The molecule has 180 valence electrons. The second-order valence-electron chi connectivity index (χ2n) is 8.48. The van der Waals surface area contributed by atoms with Crippen LogP contribution in [0.5, 0.6) is 17.4 Å². The molecule has 1 amide bonds. The first-order valence-electron chi connectivity index (χ1n) is 11.5. The van der Waals surface area contributed by atoms with Gasteiger partial charge >= 0.3 is 0 Å². The quantitative estimate of drug-likeness (QED) is 0.389. The summed E-state index contributed by atoms with van der Waals surface area (Å²) in [5, 5.41) is 10.9. The van der Waals surface area contributed by atoms with E-state index in [1.165, 1.54) is 24.3 Å². The summed E-state index contributed by atoms with van der Waals surface area (Å²) in [6, 6.07) is 13.0. The molecule has 0 atom stereocenters. The highest BCUT2D eigenvalue weighted by Gasteiger charge is 2.29. The molecule has 0 spiro atoms. The van der Waals surface area contributed by atoms with Gasteiger partial charge in [-0.2, -0.15) is 4.98 Å². The van der Waals surface area contributed by atoms with E-state index in [1.807, 2.05) is 24.3 Å². The van der Waals surface area contributed by atoms with E-state index in [9.17, 15) is 14.9 Å². The Labute approximate surface area is 202 Å². The lowest BCUT2D eigenvalue weighted by molar-refractivity contribution is -0.384. The molecule has 0 radical (unpaired) electrons. The first-order chi connectivity index (χ1) is 17.0. The van der Waals surface area contributed by atoms with E-state index < -0.39 is 4.92 Å². The number of carbonyl (C=O) groups is 1. The van der Waals surface area contributed by atoms with E-state index in [1.54, 1.807) is 12.0 Å². The van der Waals surface area contributed by atoms with Gasteiger partial charge in [-0.05, 0) is 37.1 Å².